The van der Waals surface area contributed by atoms with Gasteiger partial charge in [0.15, 0.2) is 9.84 Å². The zero-order chi connectivity index (χ0) is 17.2. The number of nitrogens with zero attached hydrogens (tertiary/aromatic N) is 3. The lowest BCUT2D eigenvalue weighted by molar-refractivity contribution is 0.173. The molecule has 2 aromatic rings. The Balaban J connectivity index is 1.72. The summed E-state index contributed by atoms with van der Waals surface area (Å²) in [5.74, 6) is 0.997. The minimum absolute atomic E-state index is 0.000764. The Morgan fingerprint density at radius 1 is 1.17 bits per heavy atom. The van der Waals surface area contributed by atoms with Crippen LogP contribution in [-0.4, -0.2) is 48.1 Å². The summed E-state index contributed by atoms with van der Waals surface area (Å²) in [4.78, 5) is 2.03. The Labute approximate surface area is 142 Å². The smallest absolute Gasteiger partial charge is 0.247 e. The van der Waals surface area contributed by atoms with Crippen LogP contribution in [0.5, 0.6) is 0 Å². The van der Waals surface area contributed by atoms with E-state index < -0.39 is 9.84 Å². The normalized spacial score (nSPS) is 22.0. The summed E-state index contributed by atoms with van der Waals surface area (Å²) in [6.07, 6.45) is 4.98. The van der Waals surface area contributed by atoms with Crippen LogP contribution >= 0.6 is 0 Å². The lowest BCUT2D eigenvalue weighted by Gasteiger charge is -2.36. The average Bonchev–Trinajstić information content (AvgIpc) is 3.03. The fourth-order valence-corrected chi connectivity index (χ4v) is 4.94. The molecular weight excluding hydrogens is 326 g/mol. The van der Waals surface area contributed by atoms with Crippen molar-refractivity contribution in [3.8, 4) is 11.5 Å². The monoisotopic (exact) mass is 349 g/mol. The van der Waals surface area contributed by atoms with Gasteiger partial charge in [-0.05, 0) is 32.0 Å². The third-order valence-corrected chi connectivity index (χ3v) is 6.31. The number of hydrogen-bond donors (Lipinski definition) is 0. The zero-order valence-electron chi connectivity index (χ0n) is 14.1. The second-order valence-corrected chi connectivity index (χ2v) is 8.77. The van der Waals surface area contributed by atoms with Gasteiger partial charge in [-0.1, -0.05) is 31.0 Å². The number of rotatable bonds is 5. The summed E-state index contributed by atoms with van der Waals surface area (Å²) in [6.45, 7) is 0.455. The van der Waals surface area contributed by atoms with Crippen LogP contribution in [0.1, 0.15) is 31.6 Å². The standard InChI is InChI=1S/C17H23N3O3S/c1-20(14-10-6-7-11-15(14)24(2,21)22)12-16-18-19-17(23-16)13-8-4-3-5-9-13/h3-5,8-9,14-15H,6-7,10-12H2,1-2H3/t14-,15+/m1/s1. The third-order valence-electron chi connectivity index (χ3n) is 4.66. The zero-order valence-corrected chi connectivity index (χ0v) is 14.9. The summed E-state index contributed by atoms with van der Waals surface area (Å²) < 4.78 is 29.9. The lowest BCUT2D eigenvalue weighted by Crippen LogP contribution is -2.46. The van der Waals surface area contributed by atoms with Crippen molar-refractivity contribution < 1.29 is 12.8 Å². The number of hydrogen-bond acceptors (Lipinski definition) is 6. The highest BCUT2D eigenvalue weighted by atomic mass is 32.2. The minimum Gasteiger partial charge on any atom is -0.419 e. The van der Waals surface area contributed by atoms with Crippen LogP contribution in [-0.2, 0) is 16.4 Å². The molecule has 24 heavy (non-hydrogen) atoms. The van der Waals surface area contributed by atoms with Gasteiger partial charge < -0.3 is 4.42 Å². The fraction of sp³-hybridized carbons (Fsp3) is 0.529. The molecule has 0 amide bonds. The van der Waals surface area contributed by atoms with E-state index in [9.17, 15) is 8.42 Å². The molecule has 0 saturated heterocycles. The Morgan fingerprint density at radius 3 is 2.58 bits per heavy atom. The number of aromatic nitrogens is 2. The molecule has 0 N–H and O–H groups in total. The van der Waals surface area contributed by atoms with Gasteiger partial charge in [0, 0.05) is 17.9 Å². The summed E-state index contributed by atoms with van der Waals surface area (Å²) >= 11 is 0. The molecule has 2 atom stereocenters. The molecule has 1 aliphatic rings. The van der Waals surface area contributed by atoms with E-state index in [0.717, 1.165) is 31.2 Å². The van der Waals surface area contributed by atoms with Crippen molar-refractivity contribution in [3.63, 3.8) is 0 Å². The largest absolute Gasteiger partial charge is 0.419 e. The lowest BCUT2D eigenvalue weighted by atomic mass is 9.94. The van der Waals surface area contributed by atoms with E-state index in [-0.39, 0.29) is 11.3 Å². The van der Waals surface area contributed by atoms with Crippen molar-refractivity contribution in [2.75, 3.05) is 13.3 Å². The minimum atomic E-state index is -3.06. The van der Waals surface area contributed by atoms with Crippen molar-refractivity contribution in [2.24, 2.45) is 0 Å². The van der Waals surface area contributed by atoms with Crippen LogP contribution in [0, 0.1) is 0 Å². The van der Waals surface area contributed by atoms with E-state index in [0.29, 0.717) is 18.3 Å². The van der Waals surface area contributed by atoms with Crippen LogP contribution in [0.4, 0.5) is 0 Å². The van der Waals surface area contributed by atoms with E-state index in [1.54, 1.807) is 0 Å². The molecule has 0 spiro atoms. The molecule has 1 aromatic heterocycles. The molecule has 7 heteroatoms. The Kier molecular flexibility index (Phi) is 5.01. The van der Waals surface area contributed by atoms with E-state index in [2.05, 4.69) is 10.2 Å². The summed E-state index contributed by atoms with van der Waals surface area (Å²) in [6, 6.07) is 9.61. The second-order valence-electron chi connectivity index (χ2n) is 6.50. The van der Waals surface area contributed by atoms with Gasteiger partial charge in [-0.15, -0.1) is 10.2 Å². The van der Waals surface area contributed by atoms with Crippen LogP contribution in [0.15, 0.2) is 34.7 Å². The predicted molar refractivity (Wildman–Crippen MR) is 92.1 cm³/mol. The van der Waals surface area contributed by atoms with E-state index in [4.69, 9.17) is 4.42 Å². The molecule has 1 aliphatic carbocycles. The van der Waals surface area contributed by atoms with Gasteiger partial charge in [0.1, 0.15) is 0 Å². The van der Waals surface area contributed by atoms with E-state index in [1.165, 1.54) is 6.26 Å². The molecule has 3 rings (SSSR count). The van der Waals surface area contributed by atoms with Gasteiger partial charge >= 0.3 is 0 Å². The molecular formula is C17H23N3O3S. The van der Waals surface area contributed by atoms with Gasteiger partial charge in [-0.25, -0.2) is 8.42 Å². The molecule has 0 aliphatic heterocycles. The number of sulfone groups is 1. The van der Waals surface area contributed by atoms with Crippen molar-refractivity contribution in [1.29, 1.82) is 0 Å². The molecule has 130 valence electrons. The quantitative estimate of drug-likeness (QED) is 0.825. The predicted octanol–water partition coefficient (Wildman–Crippen LogP) is 2.52. The first-order valence-electron chi connectivity index (χ1n) is 8.22. The Hall–Kier alpha value is -1.73. The fourth-order valence-electron chi connectivity index (χ4n) is 3.43. The highest BCUT2D eigenvalue weighted by molar-refractivity contribution is 7.91. The maximum atomic E-state index is 12.1. The van der Waals surface area contributed by atoms with Crippen molar-refractivity contribution in [1.82, 2.24) is 15.1 Å². The molecule has 1 fully saturated rings. The van der Waals surface area contributed by atoms with Crippen LogP contribution < -0.4 is 0 Å². The topological polar surface area (TPSA) is 76.3 Å². The Bertz CT molecular complexity index is 773. The third kappa shape index (κ3) is 3.84. The molecule has 1 saturated carbocycles. The second kappa shape index (κ2) is 7.03. The van der Waals surface area contributed by atoms with Gasteiger partial charge in [0.25, 0.3) is 0 Å². The summed E-state index contributed by atoms with van der Waals surface area (Å²) in [5, 5.41) is 7.89. The highest BCUT2D eigenvalue weighted by Gasteiger charge is 2.35. The van der Waals surface area contributed by atoms with Gasteiger partial charge in [0.05, 0.1) is 11.8 Å². The summed E-state index contributed by atoms with van der Waals surface area (Å²) in [7, 11) is -1.13. The first-order chi connectivity index (χ1) is 11.4. The van der Waals surface area contributed by atoms with Crippen LogP contribution in [0.3, 0.4) is 0 Å². The maximum Gasteiger partial charge on any atom is 0.247 e. The van der Waals surface area contributed by atoms with E-state index in [1.807, 2.05) is 42.3 Å². The molecule has 0 bridgehead atoms. The van der Waals surface area contributed by atoms with E-state index >= 15 is 0 Å². The number of benzene rings is 1. The van der Waals surface area contributed by atoms with Crippen molar-refractivity contribution in [2.45, 2.75) is 43.5 Å². The SMILES string of the molecule is CN(Cc1nnc(-c2ccccc2)o1)[C@@H]1CCCC[C@@H]1S(C)(=O)=O. The molecule has 1 aromatic carbocycles. The maximum absolute atomic E-state index is 12.1. The molecule has 6 nitrogen and oxygen atoms in total. The van der Waals surface area contributed by atoms with Gasteiger partial charge in [-0.3, -0.25) is 4.90 Å². The molecule has 1 heterocycles. The van der Waals surface area contributed by atoms with Crippen molar-refractivity contribution in [3.05, 3.63) is 36.2 Å². The average molecular weight is 349 g/mol. The van der Waals surface area contributed by atoms with Crippen LogP contribution in [0.2, 0.25) is 0 Å². The molecule has 0 radical (unpaired) electrons. The summed E-state index contributed by atoms with van der Waals surface area (Å²) in [5.41, 5.74) is 0.880. The first-order valence-corrected chi connectivity index (χ1v) is 10.2. The Morgan fingerprint density at radius 2 is 1.88 bits per heavy atom. The van der Waals surface area contributed by atoms with Gasteiger partial charge in [0.2, 0.25) is 11.8 Å². The highest BCUT2D eigenvalue weighted by Crippen LogP contribution is 2.28. The molecule has 0 unspecified atom stereocenters. The van der Waals surface area contributed by atoms with Crippen LogP contribution in [0.25, 0.3) is 11.5 Å². The van der Waals surface area contributed by atoms with Crippen molar-refractivity contribution >= 4 is 9.84 Å². The van der Waals surface area contributed by atoms with Gasteiger partial charge in [-0.2, -0.15) is 0 Å². The first kappa shape index (κ1) is 17.1.